The molecule has 2 saturated carbocycles. The minimum absolute atomic E-state index is 0.0314. The number of aryl methyl sites for hydroxylation is 1. The summed E-state index contributed by atoms with van der Waals surface area (Å²) in [4.78, 5) is 0. The van der Waals surface area contributed by atoms with Gasteiger partial charge in [0, 0.05) is 5.56 Å². The van der Waals surface area contributed by atoms with Gasteiger partial charge in [-0.3, -0.25) is 0 Å². The SMILES string of the molecule is CC1CCC(CCc2cc(F)c(C3CCC(C=C(F)C(F)(F)F)CC3)c(F)c2)CC1. The highest BCUT2D eigenvalue weighted by atomic mass is 19.4. The molecule has 2 aliphatic rings. The molecule has 3 rings (SSSR count). The third-order valence-electron chi connectivity index (χ3n) is 6.95. The Hall–Kier alpha value is -1.46. The van der Waals surface area contributed by atoms with Gasteiger partial charge in [-0.05, 0) is 86.0 Å². The highest BCUT2D eigenvalue weighted by molar-refractivity contribution is 5.30. The summed E-state index contributed by atoms with van der Waals surface area (Å²) in [6, 6.07) is 2.83. The van der Waals surface area contributed by atoms with E-state index in [4.69, 9.17) is 0 Å². The number of rotatable bonds is 5. The molecule has 0 bridgehead atoms. The number of allylic oxidation sites excluding steroid dienone is 2. The number of alkyl halides is 3. The molecular formula is C24H30F6. The van der Waals surface area contributed by atoms with E-state index < -0.39 is 29.6 Å². The summed E-state index contributed by atoms with van der Waals surface area (Å²) in [5.74, 6) is -2.76. The molecule has 30 heavy (non-hydrogen) atoms. The minimum Gasteiger partial charge on any atom is -0.207 e. The predicted molar refractivity (Wildman–Crippen MR) is 106 cm³/mol. The zero-order valence-electron chi connectivity index (χ0n) is 17.4. The average molecular weight is 432 g/mol. The van der Waals surface area contributed by atoms with Gasteiger partial charge in [0.1, 0.15) is 11.6 Å². The van der Waals surface area contributed by atoms with Crippen molar-refractivity contribution in [3.05, 3.63) is 46.8 Å². The molecule has 0 spiro atoms. The van der Waals surface area contributed by atoms with Crippen LogP contribution >= 0.6 is 0 Å². The lowest BCUT2D eigenvalue weighted by Crippen LogP contribution is -2.17. The van der Waals surface area contributed by atoms with Gasteiger partial charge < -0.3 is 0 Å². The first-order valence-electron chi connectivity index (χ1n) is 11.1. The van der Waals surface area contributed by atoms with Crippen LogP contribution in [-0.2, 0) is 6.42 Å². The molecule has 1 aromatic carbocycles. The van der Waals surface area contributed by atoms with Gasteiger partial charge >= 0.3 is 6.18 Å². The number of benzene rings is 1. The van der Waals surface area contributed by atoms with E-state index in [-0.39, 0.29) is 24.3 Å². The third kappa shape index (κ3) is 6.04. The standard InChI is InChI=1S/C24H30F6/c1-15-2-4-16(5-3-15)6-7-18-12-20(25)23(21(26)13-18)19-10-8-17(9-11-19)14-22(27)24(28,29)30/h12-17,19H,2-11H2,1H3. The molecule has 0 amide bonds. The van der Waals surface area contributed by atoms with Crippen molar-refractivity contribution in [3.8, 4) is 0 Å². The molecule has 0 nitrogen and oxygen atoms in total. The van der Waals surface area contributed by atoms with Gasteiger partial charge in [-0.2, -0.15) is 13.2 Å². The summed E-state index contributed by atoms with van der Waals surface area (Å²) in [7, 11) is 0. The van der Waals surface area contributed by atoms with Gasteiger partial charge in [0.05, 0.1) is 0 Å². The van der Waals surface area contributed by atoms with Crippen LogP contribution in [0.25, 0.3) is 0 Å². The Kier molecular flexibility index (Phi) is 7.56. The quantitative estimate of drug-likeness (QED) is 0.410. The zero-order chi connectivity index (χ0) is 21.9. The van der Waals surface area contributed by atoms with Gasteiger partial charge in [-0.15, -0.1) is 0 Å². The van der Waals surface area contributed by atoms with Crippen LogP contribution in [0.15, 0.2) is 24.0 Å². The molecule has 0 aromatic heterocycles. The van der Waals surface area contributed by atoms with Gasteiger partial charge in [0.15, 0.2) is 5.83 Å². The van der Waals surface area contributed by atoms with Crippen LogP contribution in [0.1, 0.15) is 81.8 Å². The highest BCUT2D eigenvalue weighted by Crippen LogP contribution is 2.40. The summed E-state index contributed by atoms with van der Waals surface area (Å²) < 4.78 is 79.6. The maximum absolute atomic E-state index is 14.7. The van der Waals surface area contributed by atoms with E-state index in [0.29, 0.717) is 36.8 Å². The first-order chi connectivity index (χ1) is 14.1. The summed E-state index contributed by atoms with van der Waals surface area (Å²) in [5, 5.41) is 0. The van der Waals surface area contributed by atoms with E-state index >= 15 is 0 Å². The largest absolute Gasteiger partial charge is 0.442 e. The molecule has 0 heterocycles. The second kappa shape index (κ2) is 9.78. The smallest absolute Gasteiger partial charge is 0.207 e. The maximum Gasteiger partial charge on any atom is 0.442 e. The van der Waals surface area contributed by atoms with E-state index in [1.54, 1.807) is 0 Å². The molecule has 0 atom stereocenters. The lowest BCUT2D eigenvalue weighted by atomic mass is 9.77. The van der Waals surface area contributed by atoms with E-state index in [0.717, 1.165) is 12.3 Å². The second-order valence-corrected chi connectivity index (χ2v) is 9.26. The van der Waals surface area contributed by atoms with Crippen molar-refractivity contribution >= 4 is 0 Å². The summed E-state index contributed by atoms with van der Waals surface area (Å²) in [6.45, 7) is 2.26. The minimum atomic E-state index is -4.97. The van der Waals surface area contributed by atoms with Gasteiger partial charge in [-0.1, -0.05) is 32.6 Å². The van der Waals surface area contributed by atoms with E-state index in [1.165, 1.54) is 37.8 Å². The topological polar surface area (TPSA) is 0 Å². The van der Waals surface area contributed by atoms with Crippen LogP contribution in [0, 0.1) is 29.4 Å². The van der Waals surface area contributed by atoms with Crippen LogP contribution in [0.3, 0.4) is 0 Å². The van der Waals surface area contributed by atoms with Crippen molar-refractivity contribution < 1.29 is 26.3 Å². The predicted octanol–water partition coefficient (Wildman–Crippen LogP) is 8.41. The fourth-order valence-electron chi connectivity index (χ4n) is 5.04. The Morgan fingerprint density at radius 3 is 2.03 bits per heavy atom. The van der Waals surface area contributed by atoms with Crippen molar-refractivity contribution in [1.29, 1.82) is 0 Å². The molecule has 0 unspecified atom stereocenters. The Labute approximate surface area is 174 Å². The lowest BCUT2D eigenvalue weighted by Gasteiger charge is -2.28. The Morgan fingerprint density at radius 1 is 0.933 bits per heavy atom. The van der Waals surface area contributed by atoms with E-state index in [2.05, 4.69) is 6.92 Å². The fraction of sp³-hybridized carbons (Fsp3) is 0.667. The van der Waals surface area contributed by atoms with Crippen molar-refractivity contribution in [2.75, 3.05) is 0 Å². The van der Waals surface area contributed by atoms with Crippen molar-refractivity contribution in [2.45, 2.75) is 83.2 Å². The van der Waals surface area contributed by atoms with Gasteiger partial charge in [0.25, 0.3) is 0 Å². The van der Waals surface area contributed by atoms with Gasteiger partial charge in [-0.25, -0.2) is 13.2 Å². The summed E-state index contributed by atoms with van der Waals surface area (Å²) in [5.41, 5.74) is 0.695. The zero-order valence-corrected chi connectivity index (χ0v) is 17.4. The first kappa shape index (κ1) is 23.2. The molecular weight excluding hydrogens is 402 g/mol. The first-order valence-corrected chi connectivity index (χ1v) is 11.1. The van der Waals surface area contributed by atoms with Crippen molar-refractivity contribution in [3.63, 3.8) is 0 Å². The maximum atomic E-state index is 14.7. The average Bonchev–Trinajstić information content (AvgIpc) is 2.67. The summed E-state index contributed by atoms with van der Waals surface area (Å²) in [6.07, 6.45) is 3.29. The van der Waals surface area contributed by atoms with Crippen LogP contribution in [-0.4, -0.2) is 6.18 Å². The summed E-state index contributed by atoms with van der Waals surface area (Å²) >= 11 is 0. The Bertz CT molecular complexity index is 712. The Morgan fingerprint density at radius 2 is 1.50 bits per heavy atom. The van der Waals surface area contributed by atoms with Gasteiger partial charge in [0.2, 0.25) is 0 Å². The molecule has 1 aromatic rings. The van der Waals surface area contributed by atoms with Crippen LogP contribution in [0.2, 0.25) is 0 Å². The monoisotopic (exact) mass is 432 g/mol. The molecule has 6 heteroatoms. The van der Waals surface area contributed by atoms with Crippen molar-refractivity contribution in [1.82, 2.24) is 0 Å². The molecule has 2 aliphatic carbocycles. The number of halogens is 6. The van der Waals surface area contributed by atoms with Crippen LogP contribution < -0.4 is 0 Å². The number of hydrogen-bond donors (Lipinski definition) is 0. The number of hydrogen-bond acceptors (Lipinski definition) is 0. The van der Waals surface area contributed by atoms with Crippen LogP contribution in [0.5, 0.6) is 0 Å². The second-order valence-electron chi connectivity index (χ2n) is 9.26. The van der Waals surface area contributed by atoms with E-state index in [1.807, 2.05) is 0 Å². The fourth-order valence-corrected chi connectivity index (χ4v) is 5.04. The lowest BCUT2D eigenvalue weighted by molar-refractivity contribution is -0.109. The third-order valence-corrected chi connectivity index (χ3v) is 6.95. The highest BCUT2D eigenvalue weighted by Gasteiger charge is 2.36. The van der Waals surface area contributed by atoms with Crippen LogP contribution in [0.4, 0.5) is 26.3 Å². The van der Waals surface area contributed by atoms with E-state index in [9.17, 15) is 26.3 Å². The molecule has 168 valence electrons. The molecule has 0 N–H and O–H groups in total. The molecule has 0 saturated heterocycles. The molecule has 0 radical (unpaired) electrons. The molecule has 2 fully saturated rings. The Balaban J connectivity index is 1.58. The normalized spacial score (nSPS) is 28.6. The van der Waals surface area contributed by atoms with Crippen molar-refractivity contribution in [2.24, 2.45) is 17.8 Å². The molecule has 0 aliphatic heterocycles.